The number of methoxy groups -OCH3 is 1. The molecule has 0 aliphatic heterocycles. The van der Waals surface area contributed by atoms with E-state index in [1.807, 2.05) is 12.1 Å². The summed E-state index contributed by atoms with van der Waals surface area (Å²) in [4.78, 5) is 0. The summed E-state index contributed by atoms with van der Waals surface area (Å²) in [6.45, 7) is 1.40. The molecule has 3 heteroatoms. The predicted octanol–water partition coefficient (Wildman–Crippen LogP) is 3.16. The standard InChI is InChI=1S/C17H18N2O/c1-20-15-8-6-13(7-9-15)11-19-12-14(10-18)16-4-2-3-5-17(16)19/h2-9,12H,10-11,18H2,1H3. The lowest BCUT2D eigenvalue weighted by molar-refractivity contribution is 0.414. The van der Waals surface area contributed by atoms with Crippen LogP contribution < -0.4 is 10.5 Å². The summed E-state index contributed by atoms with van der Waals surface area (Å²) in [5.74, 6) is 0.883. The van der Waals surface area contributed by atoms with E-state index in [1.54, 1.807) is 7.11 Å². The smallest absolute Gasteiger partial charge is 0.118 e. The van der Waals surface area contributed by atoms with E-state index in [4.69, 9.17) is 10.5 Å². The normalized spacial score (nSPS) is 10.9. The number of fused-ring (bicyclic) bond motifs is 1. The van der Waals surface area contributed by atoms with Crippen LogP contribution in [0.15, 0.2) is 54.7 Å². The molecule has 1 heterocycles. The summed E-state index contributed by atoms with van der Waals surface area (Å²) >= 11 is 0. The van der Waals surface area contributed by atoms with E-state index in [0.717, 1.165) is 12.3 Å². The van der Waals surface area contributed by atoms with Crippen molar-refractivity contribution < 1.29 is 4.74 Å². The highest BCUT2D eigenvalue weighted by atomic mass is 16.5. The molecule has 0 atom stereocenters. The average Bonchev–Trinajstić information content (AvgIpc) is 2.86. The number of rotatable bonds is 4. The number of nitrogens with zero attached hydrogens (tertiary/aromatic N) is 1. The first-order chi connectivity index (χ1) is 9.81. The molecule has 3 aromatic rings. The number of hydrogen-bond acceptors (Lipinski definition) is 2. The third kappa shape index (κ3) is 2.28. The molecule has 0 aliphatic rings. The molecule has 0 fully saturated rings. The van der Waals surface area contributed by atoms with Gasteiger partial charge in [-0.2, -0.15) is 0 Å². The SMILES string of the molecule is COc1ccc(Cn2cc(CN)c3ccccc32)cc1. The first-order valence-electron chi connectivity index (χ1n) is 6.71. The van der Waals surface area contributed by atoms with Gasteiger partial charge in [0.05, 0.1) is 7.11 Å². The third-order valence-electron chi connectivity index (χ3n) is 3.60. The Labute approximate surface area is 118 Å². The first-order valence-corrected chi connectivity index (χ1v) is 6.71. The molecule has 3 rings (SSSR count). The second-order valence-electron chi connectivity index (χ2n) is 4.85. The van der Waals surface area contributed by atoms with Crippen LogP contribution in [0, 0.1) is 0 Å². The predicted molar refractivity (Wildman–Crippen MR) is 81.9 cm³/mol. The van der Waals surface area contributed by atoms with Crippen LogP contribution in [0.5, 0.6) is 5.75 Å². The Morgan fingerprint density at radius 2 is 1.80 bits per heavy atom. The maximum Gasteiger partial charge on any atom is 0.118 e. The molecule has 0 amide bonds. The van der Waals surface area contributed by atoms with Crippen molar-refractivity contribution in [3.05, 3.63) is 65.9 Å². The molecular weight excluding hydrogens is 248 g/mol. The second-order valence-corrected chi connectivity index (χ2v) is 4.85. The highest BCUT2D eigenvalue weighted by Gasteiger charge is 2.07. The fourth-order valence-corrected chi connectivity index (χ4v) is 2.54. The largest absolute Gasteiger partial charge is 0.497 e. The van der Waals surface area contributed by atoms with Crippen molar-refractivity contribution in [1.82, 2.24) is 4.57 Å². The maximum absolute atomic E-state index is 5.83. The van der Waals surface area contributed by atoms with E-state index in [1.165, 1.54) is 22.0 Å². The van der Waals surface area contributed by atoms with Gasteiger partial charge in [0.15, 0.2) is 0 Å². The van der Waals surface area contributed by atoms with Crippen LogP contribution in [-0.4, -0.2) is 11.7 Å². The molecular formula is C17H18N2O. The van der Waals surface area contributed by atoms with Gasteiger partial charge in [0.2, 0.25) is 0 Å². The van der Waals surface area contributed by atoms with Gasteiger partial charge in [-0.15, -0.1) is 0 Å². The van der Waals surface area contributed by atoms with Crippen molar-refractivity contribution in [3.63, 3.8) is 0 Å². The molecule has 1 aromatic heterocycles. The Hall–Kier alpha value is -2.26. The lowest BCUT2D eigenvalue weighted by Crippen LogP contribution is -1.98. The summed E-state index contributed by atoms with van der Waals surface area (Å²) in [5, 5.41) is 1.24. The van der Waals surface area contributed by atoms with Gasteiger partial charge < -0.3 is 15.0 Å². The summed E-state index contributed by atoms with van der Waals surface area (Å²) < 4.78 is 7.44. The molecule has 0 radical (unpaired) electrons. The number of nitrogens with two attached hydrogens (primary N) is 1. The molecule has 0 aliphatic carbocycles. The topological polar surface area (TPSA) is 40.2 Å². The van der Waals surface area contributed by atoms with Gasteiger partial charge in [0, 0.05) is 30.2 Å². The lowest BCUT2D eigenvalue weighted by atomic mass is 10.2. The van der Waals surface area contributed by atoms with Crippen molar-refractivity contribution >= 4 is 10.9 Å². The molecule has 0 saturated heterocycles. The van der Waals surface area contributed by atoms with Crippen LogP contribution in [0.1, 0.15) is 11.1 Å². The zero-order chi connectivity index (χ0) is 13.9. The fraction of sp³-hybridized carbons (Fsp3) is 0.176. The van der Waals surface area contributed by atoms with Crippen LogP contribution in [0.4, 0.5) is 0 Å². The highest BCUT2D eigenvalue weighted by Crippen LogP contribution is 2.22. The van der Waals surface area contributed by atoms with Crippen LogP contribution in [0.2, 0.25) is 0 Å². The van der Waals surface area contributed by atoms with Gasteiger partial charge in [-0.1, -0.05) is 30.3 Å². The zero-order valence-electron chi connectivity index (χ0n) is 11.5. The summed E-state index contributed by atoms with van der Waals surface area (Å²) in [6.07, 6.45) is 2.15. The molecule has 102 valence electrons. The van der Waals surface area contributed by atoms with Crippen LogP contribution in [-0.2, 0) is 13.1 Å². The van der Waals surface area contributed by atoms with E-state index in [2.05, 4.69) is 47.2 Å². The number of aromatic nitrogens is 1. The number of ether oxygens (including phenoxy) is 1. The minimum atomic E-state index is 0.566. The quantitative estimate of drug-likeness (QED) is 0.788. The first kappa shape index (κ1) is 12.8. The van der Waals surface area contributed by atoms with E-state index in [-0.39, 0.29) is 0 Å². The molecule has 0 saturated carbocycles. The summed E-state index contributed by atoms with van der Waals surface area (Å²) in [5.41, 5.74) is 9.49. The van der Waals surface area contributed by atoms with Crippen molar-refractivity contribution in [2.24, 2.45) is 5.73 Å². The molecule has 3 nitrogen and oxygen atoms in total. The summed E-state index contributed by atoms with van der Waals surface area (Å²) in [6, 6.07) is 16.5. The van der Waals surface area contributed by atoms with Gasteiger partial charge in [0.1, 0.15) is 5.75 Å². The number of para-hydroxylation sites is 1. The monoisotopic (exact) mass is 266 g/mol. The number of hydrogen-bond donors (Lipinski definition) is 1. The Morgan fingerprint density at radius 1 is 1.05 bits per heavy atom. The minimum absolute atomic E-state index is 0.566. The fourth-order valence-electron chi connectivity index (χ4n) is 2.54. The van der Waals surface area contributed by atoms with Crippen molar-refractivity contribution in [1.29, 1.82) is 0 Å². The van der Waals surface area contributed by atoms with Gasteiger partial charge in [-0.3, -0.25) is 0 Å². The highest BCUT2D eigenvalue weighted by molar-refractivity contribution is 5.84. The molecule has 0 bridgehead atoms. The van der Waals surface area contributed by atoms with E-state index in [0.29, 0.717) is 6.54 Å². The van der Waals surface area contributed by atoms with Gasteiger partial charge in [0.25, 0.3) is 0 Å². The van der Waals surface area contributed by atoms with Crippen LogP contribution in [0.3, 0.4) is 0 Å². The van der Waals surface area contributed by atoms with Gasteiger partial charge >= 0.3 is 0 Å². The van der Waals surface area contributed by atoms with E-state index >= 15 is 0 Å². The lowest BCUT2D eigenvalue weighted by Gasteiger charge is -2.06. The minimum Gasteiger partial charge on any atom is -0.497 e. The van der Waals surface area contributed by atoms with Gasteiger partial charge in [-0.05, 0) is 29.3 Å². The van der Waals surface area contributed by atoms with Crippen molar-refractivity contribution in [2.45, 2.75) is 13.1 Å². The third-order valence-corrected chi connectivity index (χ3v) is 3.60. The van der Waals surface area contributed by atoms with Crippen LogP contribution >= 0.6 is 0 Å². The average molecular weight is 266 g/mol. The van der Waals surface area contributed by atoms with Crippen molar-refractivity contribution in [3.8, 4) is 5.75 Å². The Morgan fingerprint density at radius 3 is 2.50 bits per heavy atom. The summed E-state index contributed by atoms with van der Waals surface area (Å²) in [7, 11) is 1.68. The molecule has 0 spiro atoms. The van der Waals surface area contributed by atoms with E-state index < -0.39 is 0 Å². The molecule has 20 heavy (non-hydrogen) atoms. The Bertz CT molecular complexity index is 713. The molecule has 2 aromatic carbocycles. The zero-order valence-corrected chi connectivity index (χ0v) is 11.5. The maximum atomic E-state index is 5.83. The van der Waals surface area contributed by atoms with Crippen LogP contribution in [0.25, 0.3) is 10.9 Å². The van der Waals surface area contributed by atoms with E-state index in [9.17, 15) is 0 Å². The van der Waals surface area contributed by atoms with Gasteiger partial charge in [-0.25, -0.2) is 0 Å². The molecule has 0 unspecified atom stereocenters. The number of benzene rings is 2. The Kier molecular flexibility index (Phi) is 3.44. The van der Waals surface area contributed by atoms with Crippen molar-refractivity contribution in [2.75, 3.05) is 7.11 Å². The molecule has 2 N–H and O–H groups in total. The Balaban J connectivity index is 1.97. The second kappa shape index (κ2) is 5.39.